The van der Waals surface area contributed by atoms with Crippen molar-refractivity contribution in [3.63, 3.8) is 0 Å². The van der Waals surface area contributed by atoms with Gasteiger partial charge in [0.1, 0.15) is 0 Å². The Hall–Kier alpha value is -0.900. The van der Waals surface area contributed by atoms with Crippen molar-refractivity contribution in [1.82, 2.24) is 0 Å². The third-order valence-corrected chi connectivity index (χ3v) is 5.19. The van der Waals surface area contributed by atoms with Gasteiger partial charge in [-0.15, -0.1) is 0 Å². The monoisotopic (exact) mass is 362 g/mol. The van der Waals surface area contributed by atoms with Gasteiger partial charge in [0.05, 0.1) is 19.3 Å². The van der Waals surface area contributed by atoms with Crippen molar-refractivity contribution in [2.75, 3.05) is 13.2 Å². The highest BCUT2D eigenvalue weighted by atomic mass is 16.7. The molecule has 1 aromatic carbocycles. The zero-order chi connectivity index (χ0) is 18.7. The third-order valence-electron chi connectivity index (χ3n) is 5.19. The Morgan fingerprint density at radius 1 is 1.00 bits per heavy atom. The van der Waals surface area contributed by atoms with E-state index in [-0.39, 0.29) is 6.10 Å². The lowest BCUT2D eigenvalue weighted by Crippen LogP contribution is -2.46. The van der Waals surface area contributed by atoms with E-state index in [4.69, 9.17) is 14.2 Å². The lowest BCUT2D eigenvalue weighted by molar-refractivity contribution is -0.296. The van der Waals surface area contributed by atoms with Gasteiger partial charge in [0, 0.05) is 12.5 Å². The molecule has 0 saturated carbocycles. The van der Waals surface area contributed by atoms with Crippen LogP contribution >= 0.6 is 0 Å². The first-order valence-electron chi connectivity index (χ1n) is 10.5. The molecule has 0 aromatic heterocycles. The molecule has 1 aromatic rings. The number of hydrogen-bond acceptors (Lipinski definition) is 3. The van der Waals surface area contributed by atoms with E-state index in [1.807, 2.05) is 19.9 Å². The largest absolute Gasteiger partial charge is 0.377 e. The van der Waals surface area contributed by atoms with Gasteiger partial charge in [0.2, 0.25) is 0 Å². The molecule has 0 N–H and O–H groups in total. The quantitative estimate of drug-likeness (QED) is 0.420. The summed E-state index contributed by atoms with van der Waals surface area (Å²) in [6.07, 6.45) is 10.4. The average molecular weight is 363 g/mol. The first kappa shape index (κ1) is 21.4. The maximum Gasteiger partial charge on any atom is 0.163 e. The van der Waals surface area contributed by atoms with E-state index in [2.05, 4.69) is 31.2 Å². The van der Waals surface area contributed by atoms with E-state index in [9.17, 15) is 0 Å². The molecule has 1 aliphatic heterocycles. The molecule has 1 fully saturated rings. The molecule has 1 saturated heterocycles. The van der Waals surface area contributed by atoms with Gasteiger partial charge >= 0.3 is 0 Å². The molecule has 0 aliphatic carbocycles. The highest BCUT2D eigenvalue weighted by molar-refractivity contribution is 5.13. The molecule has 1 heterocycles. The van der Waals surface area contributed by atoms with Crippen LogP contribution in [0.1, 0.15) is 77.7 Å². The molecule has 3 heteroatoms. The van der Waals surface area contributed by atoms with Crippen LogP contribution in [0.4, 0.5) is 0 Å². The van der Waals surface area contributed by atoms with Crippen molar-refractivity contribution >= 4 is 0 Å². The second kappa shape index (κ2) is 11.7. The summed E-state index contributed by atoms with van der Waals surface area (Å²) in [6.45, 7) is 8.53. The predicted molar refractivity (Wildman–Crippen MR) is 107 cm³/mol. The predicted octanol–water partition coefficient (Wildman–Crippen LogP) is 6.11. The summed E-state index contributed by atoms with van der Waals surface area (Å²) < 4.78 is 18.0. The van der Waals surface area contributed by atoms with Crippen molar-refractivity contribution in [2.45, 2.75) is 90.6 Å². The molecular formula is C23H38O3. The van der Waals surface area contributed by atoms with E-state index in [1.54, 1.807) is 0 Å². The van der Waals surface area contributed by atoms with Crippen molar-refractivity contribution in [2.24, 2.45) is 5.92 Å². The SMILES string of the molecule is CCCCCCCC[C@@H]1COC(C)(C)O[C@@H]1CCOCc1ccccc1. The van der Waals surface area contributed by atoms with Crippen LogP contribution in [0.25, 0.3) is 0 Å². The van der Waals surface area contributed by atoms with E-state index >= 15 is 0 Å². The second-order valence-corrected chi connectivity index (χ2v) is 8.01. The van der Waals surface area contributed by atoms with E-state index in [1.165, 1.54) is 50.5 Å². The summed E-state index contributed by atoms with van der Waals surface area (Å²) in [5.41, 5.74) is 1.23. The Labute approximate surface area is 160 Å². The standard InChI is InChI=1S/C23H38O3/c1-4-5-6-7-8-12-15-21-19-25-23(2,3)26-22(21)16-17-24-18-20-13-10-9-11-14-20/h9-11,13-14,21-22H,4-8,12,15-19H2,1-3H3/t21-,22-/m1/s1. The molecule has 2 atom stereocenters. The Kier molecular flexibility index (Phi) is 9.66. The third kappa shape index (κ3) is 8.20. The number of unbranched alkanes of at least 4 members (excludes halogenated alkanes) is 5. The molecule has 0 unspecified atom stereocenters. The summed E-state index contributed by atoms with van der Waals surface area (Å²) in [6, 6.07) is 10.4. The van der Waals surface area contributed by atoms with E-state index in [0.29, 0.717) is 12.5 Å². The van der Waals surface area contributed by atoms with Gasteiger partial charge in [0.15, 0.2) is 5.79 Å². The normalized spacial score (nSPS) is 22.4. The molecule has 2 rings (SSSR count). The fraction of sp³-hybridized carbons (Fsp3) is 0.739. The zero-order valence-corrected chi connectivity index (χ0v) is 17.0. The van der Waals surface area contributed by atoms with Gasteiger partial charge in [-0.2, -0.15) is 0 Å². The summed E-state index contributed by atoms with van der Waals surface area (Å²) in [5.74, 6) is 0.0244. The molecular weight excluding hydrogens is 324 g/mol. The minimum absolute atomic E-state index is 0.241. The average Bonchev–Trinajstić information content (AvgIpc) is 2.63. The Balaban J connectivity index is 1.69. The Bertz CT molecular complexity index is 472. The van der Waals surface area contributed by atoms with Crippen molar-refractivity contribution < 1.29 is 14.2 Å². The number of ether oxygens (including phenoxy) is 3. The minimum Gasteiger partial charge on any atom is -0.377 e. The van der Waals surface area contributed by atoms with Gasteiger partial charge in [-0.3, -0.25) is 0 Å². The van der Waals surface area contributed by atoms with E-state index < -0.39 is 5.79 Å². The van der Waals surface area contributed by atoms with Crippen molar-refractivity contribution in [1.29, 1.82) is 0 Å². The topological polar surface area (TPSA) is 27.7 Å². The summed E-state index contributed by atoms with van der Waals surface area (Å²) in [4.78, 5) is 0. The molecule has 0 spiro atoms. The summed E-state index contributed by atoms with van der Waals surface area (Å²) >= 11 is 0. The van der Waals surface area contributed by atoms with Crippen molar-refractivity contribution in [3.05, 3.63) is 35.9 Å². The Morgan fingerprint density at radius 3 is 2.50 bits per heavy atom. The summed E-state index contributed by atoms with van der Waals surface area (Å²) in [5, 5.41) is 0. The van der Waals surface area contributed by atoms with Gasteiger partial charge < -0.3 is 14.2 Å². The van der Waals surface area contributed by atoms with Crippen LogP contribution in [-0.2, 0) is 20.8 Å². The van der Waals surface area contributed by atoms with Crippen LogP contribution in [-0.4, -0.2) is 25.1 Å². The Morgan fingerprint density at radius 2 is 1.73 bits per heavy atom. The highest BCUT2D eigenvalue weighted by Gasteiger charge is 2.35. The first-order valence-corrected chi connectivity index (χ1v) is 10.5. The maximum absolute atomic E-state index is 6.23. The van der Waals surface area contributed by atoms with Crippen LogP contribution in [0.3, 0.4) is 0 Å². The highest BCUT2D eigenvalue weighted by Crippen LogP contribution is 2.31. The lowest BCUT2D eigenvalue weighted by Gasteiger charge is -2.41. The van der Waals surface area contributed by atoms with E-state index in [0.717, 1.165) is 19.6 Å². The fourth-order valence-electron chi connectivity index (χ4n) is 3.62. The molecule has 0 radical (unpaired) electrons. The summed E-state index contributed by atoms with van der Waals surface area (Å²) in [7, 11) is 0. The van der Waals surface area contributed by atoms with Crippen LogP contribution in [0.5, 0.6) is 0 Å². The molecule has 148 valence electrons. The van der Waals surface area contributed by atoms with Gasteiger partial charge in [-0.05, 0) is 32.3 Å². The molecule has 1 aliphatic rings. The zero-order valence-electron chi connectivity index (χ0n) is 17.0. The second-order valence-electron chi connectivity index (χ2n) is 8.01. The molecule has 26 heavy (non-hydrogen) atoms. The number of rotatable bonds is 12. The number of benzene rings is 1. The van der Waals surface area contributed by atoms with Gasteiger partial charge in [-0.1, -0.05) is 75.8 Å². The van der Waals surface area contributed by atoms with Crippen molar-refractivity contribution in [3.8, 4) is 0 Å². The smallest absolute Gasteiger partial charge is 0.163 e. The molecule has 0 amide bonds. The lowest BCUT2D eigenvalue weighted by atomic mass is 9.92. The molecule has 0 bridgehead atoms. The maximum atomic E-state index is 6.23. The van der Waals surface area contributed by atoms with Crippen LogP contribution in [0.15, 0.2) is 30.3 Å². The van der Waals surface area contributed by atoms with Gasteiger partial charge in [0.25, 0.3) is 0 Å². The fourth-order valence-corrected chi connectivity index (χ4v) is 3.62. The van der Waals surface area contributed by atoms with Crippen LogP contribution < -0.4 is 0 Å². The molecule has 3 nitrogen and oxygen atoms in total. The van der Waals surface area contributed by atoms with Crippen LogP contribution in [0.2, 0.25) is 0 Å². The van der Waals surface area contributed by atoms with Crippen LogP contribution in [0, 0.1) is 5.92 Å². The van der Waals surface area contributed by atoms with Gasteiger partial charge in [-0.25, -0.2) is 0 Å². The number of hydrogen-bond donors (Lipinski definition) is 0. The first-order chi connectivity index (χ1) is 12.6. The minimum atomic E-state index is -0.471.